The van der Waals surface area contributed by atoms with Crippen molar-refractivity contribution in [2.24, 2.45) is 0 Å². The molecule has 0 bridgehead atoms. The summed E-state index contributed by atoms with van der Waals surface area (Å²) in [4.78, 5) is 22.7. The Hall–Kier alpha value is -3.45. The summed E-state index contributed by atoms with van der Waals surface area (Å²) in [5, 5.41) is 5.31. The Balaban J connectivity index is 1.60. The minimum absolute atomic E-state index is 0.0393. The molecule has 0 N–H and O–H groups in total. The Labute approximate surface area is 180 Å². The van der Waals surface area contributed by atoms with Crippen LogP contribution in [0.4, 0.5) is 0 Å². The highest BCUT2D eigenvalue weighted by Gasteiger charge is 2.24. The first-order valence-corrected chi connectivity index (χ1v) is 10.6. The lowest BCUT2D eigenvalue weighted by Crippen LogP contribution is -2.34. The number of pyridine rings is 1. The lowest BCUT2D eigenvalue weighted by Gasteiger charge is -2.21. The Kier molecular flexibility index (Phi) is 5.26. The molecule has 4 aromatic rings. The Bertz CT molecular complexity index is 1180. The van der Waals surface area contributed by atoms with E-state index in [0.29, 0.717) is 17.8 Å². The van der Waals surface area contributed by atoms with Gasteiger partial charge in [-0.2, -0.15) is 5.10 Å². The fourth-order valence-electron chi connectivity index (χ4n) is 4.07. The van der Waals surface area contributed by atoms with E-state index in [9.17, 15) is 4.79 Å². The third-order valence-corrected chi connectivity index (χ3v) is 5.80. The summed E-state index contributed by atoms with van der Waals surface area (Å²) in [6.45, 7) is 3.83. The van der Waals surface area contributed by atoms with E-state index in [1.54, 1.807) is 17.1 Å². The normalized spacial score (nSPS) is 15.3. The van der Waals surface area contributed by atoms with Gasteiger partial charge in [-0.25, -0.2) is 9.67 Å². The van der Waals surface area contributed by atoms with Crippen molar-refractivity contribution >= 4 is 16.9 Å². The van der Waals surface area contributed by atoms with Crippen LogP contribution < -0.4 is 0 Å². The molecular weight excluding hydrogens is 390 g/mol. The first-order valence-electron chi connectivity index (χ1n) is 10.6. The quantitative estimate of drug-likeness (QED) is 0.510. The van der Waals surface area contributed by atoms with Gasteiger partial charge in [0.15, 0.2) is 5.65 Å². The summed E-state index contributed by atoms with van der Waals surface area (Å²) in [6, 6.07) is 15.6. The topological polar surface area (TPSA) is 67.4 Å². The van der Waals surface area contributed by atoms with Crippen LogP contribution in [0.25, 0.3) is 22.3 Å². The zero-order valence-corrected chi connectivity index (χ0v) is 17.6. The van der Waals surface area contributed by atoms with Gasteiger partial charge in [0.05, 0.1) is 29.1 Å². The highest BCUT2D eigenvalue weighted by Crippen LogP contribution is 2.26. The average Bonchev–Trinajstić information content (AvgIpc) is 3.40. The van der Waals surface area contributed by atoms with E-state index >= 15 is 0 Å². The van der Waals surface area contributed by atoms with E-state index in [1.807, 2.05) is 53.4 Å². The summed E-state index contributed by atoms with van der Waals surface area (Å²) in [5.74, 6) is 0.831. The largest absolute Gasteiger partial charge is 0.467 e. The van der Waals surface area contributed by atoms with E-state index in [2.05, 4.69) is 17.0 Å². The van der Waals surface area contributed by atoms with Gasteiger partial charge < -0.3 is 14.2 Å². The number of amides is 1. The van der Waals surface area contributed by atoms with Crippen molar-refractivity contribution in [1.29, 1.82) is 0 Å². The molecule has 1 aliphatic heterocycles. The zero-order chi connectivity index (χ0) is 21.2. The maximum Gasteiger partial charge on any atom is 0.254 e. The number of likely N-dealkylation sites (N-methyl/N-ethyl adjacent to an activating group) is 1. The van der Waals surface area contributed by atoms with Crippen LogP contribution in [0.2, 0.25) is 0 Å². The van der Waals surface area contributed by atoms with Crippen molar-refractivity contribution in [2.45, 2.75) is 13.0 Å². The summed E-state index contributed by atoms with van der Waals surface area (Å²) in [6.07, 6.45) is 4.37. The van der Waals surface area contributed by atoms with E-state index in [-0.39, 0.29) is 5.91 Å². The molecule has 0 spiro atoms. The highest BCUT2D eigenvalue weighted by atomic mass is 16.3. The molecule has 1 amide bonds. The van der Waals surface area contributed by atoms with Gasteiger partial charge in [-0.05, 0) is 38.2 Å². The van der Waals surface area contributed by atoms with Gasteiger partial charge in [-0.1, -0.05) is 30.3 Å². The monoisotopic (exact) mass is 415 g/mol. The number of rotatable bonds is 4. The van der Waals surface area contributed by atoms with Crippen molar-refractivity contribution in [1.82, 2.24) is 24.6 Å². The van der Waals surface area contributed by atoms with E-state index in [4.69, 9.17) is 9.40 Å². The minimum Gasteiger partial charge on any atom is -0.467 e. The van der Waals surface area contributed by atoms with Crippen molar-refractivity contribution in [3.63, 3.8) is 0 Å². The number of benzene rings is 1. The molecule has 1 aromatic carbocycles. The highest BCUT2D eigenvalue weighted by molar-refractivity contribution is 6.06. The Morgan fingerprint density at radius 2 is 1.94 bits per heavy atom. The molecule has 0 saturated carbocycles. The fourth-order valence-corrected chi connectivity index (χ4v) is 4.07. The van der Waals surface area contributed by atoms with Gasteiger partial charge in [0, 0.05) is 25.2 Å². The molecule has 1 saturated heterocycles. The number of carbonyl (C=O) groups is 1. The molecule has 4 heterocycles. The molecule has 7 nitrogen and oxygen atoms in total. The second kappa shape index (κ2) is 8.35. The van der Waals surface area contributed by atoms with Crippen molar-refractivity contribution < 1.29 is 9.21 Å². The van der Waals surface area contributed by atoms with E-state index in [1.165, 1.54) is 0 Å². The summed E-state index contributed by atoms with van der Waals surface area (Å²) in [5.41, 5.74) is 3.08. The molecule has 158 valence electrons. The van der Waals surface area contributed by atoms with Gasteiger partial charge in [0.1, 0.15) is 12.3 Å². The number of hydrogen-bond acceptors (Lipinski definition) is 5. The van der Waals surface area contributed by atoms with Crippen LogP contribution in [0.1, 0.15) is 22.5 Å². The fraction of sp³-hybridized carbons (Fsp3) is 0.292. The molecule has 0 unspecified atom stereocenters. The van der Waals surface area contributed by atoms with Crippen LogP contribution in [0.3, 0.4) is 0 Å². The third kappa shape index (κ3) is 3.96. The third-order valence-electron chi connectivity index (χ3n) is 5.80. The van der Waals surface area contributed by atoms with Gasteiger partial charge >= 0.3 is 0 Å². The molecule has 3 aromatic heterocycles. The molecule has 0 radical (unpaired) electrons. The number of fused-ring (bicyclic) bond motifs is 1. The van der Waals surface area contributed by atoms with Gasteiger partial charge in [0.25, 0.3) is 5.91 Å². The molecule has 31 heavy (non-hydrogen) atoms. The second-order valence-corrected chi connectivity index (χ2v) is 7.99. The van der Waals surface area contributed by atoms with Crippen LogP contribution in [-0.4, -0.2) is 63.7 Å². The van der Waals surface area contributed by atoms with Crippen molar-refractivity contribution in [3.8, 4) is 11.3 Å². The van der Waals surface area contributed by atoms with Crippen LogP contribution in [0.15, 0.2) is 65.4 Å². The lowest BCUT2D eigenvalue weighted by atomic mass is 10.1. The zero-order valence-electron chi connectivity index (χ0n) is 17.6. The molecular formula is C24H25N5O2. The molecule has 5 rings (SSSR count). The van der Waals surface area contributed by atoms with Crippen molar-refractivity contribution in [3.05, 3.63) is 72.3 Å². The first-order chi connectivity index (χ1) is 15.2. The molecule has 0 atom stereocenters. The summed E-state index contributed by atoms with van der Waals surface area (Å²) >= 11 is 0. The van der Waals surface area contributed by atoms with Gasteiger partial charge in [0.2, 0.25) is 0 Å². The van der Waals surface area contributed by atoms with Gasteiger partial charge in [-0.15, -0.1) is 0 Å². The molecule has 1 fully saturated rings. The maximum atomic E-state index is 13.6. The van der Waals surface area contributed by atoms with Crippen LogP contribution >= 0.6 is 0 Å². The standard InChI is InChI=1S/C24H25N5O2/c1-27-10-6-11-28(13-12-27)24(30)20-15-22(18-7-3-2-4-8-18)26-23-21(20)16-25-29(23)17-19-9-5-14-31-19/h2-5,7-9,14-16H,6,10-13,17H2,1H3. The predicted molar refractivity (Wildman–Crippen MR) is 119 cm³/mol. The molecule has 7 heteroatoms. The summed E-state index contributed by atoms with van der Waals surface area (Å²) < 4.78 is 7.30. The molecule has 0 aliphatic carbocycles. The molecule has 1 aliphatic rings. The minimum atomic E-state index is 0.0393. The number of nitrogens with zero attached hydrogens (tertiary/aromatic N) is 5. The van der Waals surface area contributed by atoms with Crippen LogP contribution in [0, 0.1) is 0 Å². The summed E-state index contributed by atoms with van der Waals surface area (Å²) in [7, 11) is 2.10. The van der Waals surface area contributed by atoms with Crippen LogP contribution in [0.5, 0.6) is 0 Å². The predicted octanol–water partition coefficient (Wildman–Crippen LogP) is 3.52. The first kappa shape index (κ1) is 19.5. The Morgan fingerprint density at radius 1 is 1.06 bits per heavy atom. The van der Waals surface area contributed by atoms with E-state index in [0.717, 1.165) is 55.0 Å². The SMILES string of the molecule is CN1CCCN(C(=O)c2cc(-c3ccccc3)nc3c2cnn3Cc2ccco2)CC1. The second-order valence-electron chi connectivity index (χ2n) is 7.99. The smallest absolute Gasteiger partial charge is 0.254 e. The lowest BCUT2D eigenvalue weighted by molar-refractivity contribution is 0.0764. The Morgan fingerprint density at radius 3 is 2.74 bits per heavy atom. The number of hydrogen-bond donors (Lipinski definition) is 0. The number of aromatic nitrogens is 3. The van der Waals surface area contributed by atoms with Crippen LogP contribution in [-0.2, 0) is 6.54 Å². The maximum absolute atomic E-state index is 13.6. The van der Waals surface area contributed by atoms with Gasteiger partial charge in [-0.3, -0.25) is 4.79 Å². The van der Waals surface area contributed by atoms with Crippen molar-refractivity contribution in [2.75, 3.05) is 33.2 Å². The van der Waals surface area contributed by atoms with E-state index < -0.39 is 0 Å². The average molecular weight is 415 g/mol. The number of furan rings is 1. The number of carbonyl (C=O) groups excluding carboxylic acids is 1.